The summed E-state index contributed by atoms with van der Waals surface area (Å²) in [4.78, 5) is 12.8. The fraction of sp³-hybridized carbons (Fsp3) is 0.588. The van der Waals surface area contributed by atoms with Gasteiger partial charge in [-0.1, -0.05) is 6.42 Å². The Balaban J connectivity index is 1.58. The minimum absolute atomic E-state index is 0.0643. The van der Waals surface area contributed by atoms with Gasteiger partial charge in [-0.15, -0.1) is 0 Å². The topological polar surface area (TPSA) is 110 Å². The molecule has 9 heteroatoms. The highest BCUT2D eigenvalue weighted by Crippen LogP contribution is 2.28. The van der Waals surface area contributed by atoms with E-state index in [9.17, 15) is 13.2 Å². The zero-order valence-electron chi connectivity index (χ0n) is 14.8. The highest BCUT2D eigenvalue weighted by atomic mass is 32.2. The van der Waals surface area contributed by atoms with E-state index in [1.807, 2.05) is 6.92 Å². The summed E-state index contributed by atoms with van der Waals surface area (Å²) in [5.74, 6) is 0.484. The lowest BCUT2D eigenvalue weighted by molar-refractivity contribution is 0.102. The molecule has 0 unspecified atom stereocenters. The minimum Gasteiger partial charge on any atom is -0.305 e. The zero-order valence-corrected chi connectivity index (χ0v) is 15.6. The Morgan fingerprint density at radius 2 is 2.12 bits per heavy atom. The van der Waals surface area contributed by atoms with Crippen molar-refractivity contribution in [1.29, 1.82) is 0 Å². The molecule has 1 aliphatic heterocycles. The fourth-order valence-corrected chi connectivity index (χ4v) is 5.57. The number of aromatic nitrogens is 4. The Morgan fingerprint density at radius 1 is 1.31 bits per heavy atom. The molecule has 0 bridgehead atoms. The van der Waals surface area contributed by atoms with E-state index in [0.29, 0.717) is 17.9 Å². The van der Waals surface area contributed by atoms with E-state index >= 15 is 0 Å². The van der Waals surface area contributed by atoms with Crippen LogP contribution in [0.1, 0.15) is 59.2 Å². The molecule has 0 spiro atoms. The van der Waals surface area contributed by atoms with Crippen LogP contribution in [0.15, 0.2) is 6.07 Å². The summed E-state index contributed by atoms with van der Waals surface area (Å²) in [6.07, 6.45) is 5.62. The van der Waals surface area contributed by atoms with Crippen LogP contribution in [0.25, 0.3) is 0 Å². The van der Waals surface area contributed by atoms with E-state index < -0.39 is 9.84 Å². The molecule has 1 saturated heterocycles. The van der Waals surface area contributed by atoms with E-state index in [4.69, 9.17) is 0 Å². The highest BCUT2D eigenvalue weighted by Gasteiger charge is 2.32. The SMILES string of the molecule is Cc1cc(NC(=O)c2n[nH]c3c2CCCCC3)n([C@H]2CCS(=O)(=O)C2)n1. The van der Waals surface area contributed by atoms with E-state index in [2.05, 4.69) is 20.6 Å². The molecule has 2 N–H and O–H groups in total. The van der Waals surface area contributed by atoms with Gasteiger partial charge in [0, 0.05) is 17.3 Å². The number of aromatic amines is 1. The normalized spacial score (nSPS) is 22.0. The van der Waals surface area contributed by atoms with Crippen LogP contribution in [0.3, 0.4) is 0 Å². The maximum absolute atomic E-state index is 12.8. The molecule has 0 saturated carbocycles. The molecular weight excluding hydrogens is 354 g/mol. The largest absolute Gasteiger partial charge is 0.305 e. The number of sulfone groups is 1. The van der Waals surface area contributed by atoms with Crippen LogP contribution < -0.4 is 5.32 Å². The van der Waals surface area contributed by atoms with Gasteiger partial charge in [0.05, 0.1) is 23.2 Å². The molecule has 8 nitrogen and oxygen atoms in total. The molecule has 0 aromatic carbocycles. The first-order valence-corrected chi connectivity index (χ1v) is 10.9. The molecule has 1 fully saturated rings. The average molecular weight is 377 g/mol. The predicted molar refractivity (Wildman–Crippen MR) is 97.1 cm³/mol. The summed E-state index contributed by atoms with van der Waals surface area (Å²) in [5, 5.41) is 14.5. The first-order chi connectivity index (χ1) is 12.4. The van der Waals surface area contributed by atoms with Gasteiger partial charge >= 0.3 is 0 Å². The second kappa shape index (κ2) is 6.53. The van der Waals surface area contributed by atoms with Gasteiger partial charge in [-0.25, -0.2) is 13.1 Å². The van der Waals surface area contributed by atoms with E-state index in [1.165, 1.54) is 0 Å². The van der Waals surface area contributed by atoms with Gasteiger partial charge in [0.1, 0.15) is 5.82 Å². The van der Waals surface area contributed by atoms with Crippen molar-refractivity contribution in [2.45, 2.75) is 51.5 Å². The number of aryl methyl sites for hydroxylation is 2. The lowest BCUT2D eigenvalue weighted by Crippen LogP contribution is -2.20. The number of hydrogen-bond donors (Lipinski definition) is 2. The summed E-state index contributed by atoms with van der Waals surface area (Å²) in [6, 6.07) is 1.54. The lowest BCUT2D eigenvalue weighted by atomic mass is 10.1. The molecule has 1 amide bonds. The van der Waals surface area contributed by atoms with Crippen molar-refractivity contribution in [1.82, 2.24) is 20.0 Å². The quantitative estimate of drug-likeness (QED) is 0.793. The molecular formula is C17H23N5O3S. The number of carbonyl (C=O) groups is 1. The number of nitrogens with zero attached hydrogens (tertiary/aromatic N) is 3. The number of nitrogens with one attached hydrogen (secondary N) is 2. The van der Waals surface area contributed by atoms with Crippen molar-refractivity contribution in [3.8, 4) is 0 Å². The Bertz CT molecular complexity index is 944. The number of hydrogen-bond acceptors (Lipinski definition) is 5. The zero-order chi connectivity index (χ0) is 18.3. The molecule has 2 aliphatic rings. The average Bonchev–Trinajstić information content (AvgIpc) is 3.20. The Labute approximate surface area is 152 Å². The summed E-state index contributed by atoms with van der Waals surface area (Å²) in [7, 11) is -3.03. The van der Waals surface area contributed by atoms with Crippen molar-refractivity contribution in [3.63, 3.8) is 0 Å². The van der Waals surface area contributed by atoms with E-state index in [1.54, 1.807) is 10.7 Å². The summed E-state index contributed by atoms with van der Waals surface area (Å²) in [5.41, 5.74) is 3.24. The van der Waals surface area contributed by atoms with Gasteiger partial charge in [0.2, 0.25) is 0 Å². The smallest absolute Gasteiger partial charge is 0.277 e. The molecule has 4 rings (SSSR count). The Morgan fingerprint density at radius 3 is 2.88 bits per heavy atom. The fourth-order valence-electron chi connectivity index (χ4n) is 3.88. The summed E-state index contributed by atoms with van der Waals surface area (Å²) >= 11 is 0. The van der Waals surface area contributed by atoms with Crippen LogP contribution >= 0.6 is 0 Å². The molecule has 2 aromatic rings. The van der Waals surface area contributed by atoms with Gasteiger partial charge in [-0.05, 0) is 39.0 Å². The van der Waals surface area contributed by atoms with Crippen LogP contribution in [0.2, 0.25) is 0 Å². The molecule has 2 aromatic heterocycles. The third-order valence-corrected chi connectivity index (χ3v) is 6.93. The maximum Gasteiger partial charge on any atom is 0.277 e. The summed E-state index contributed by atoms with van der Waals surface area (Å²) < 4.78 is 25.2. The first kappa shape index (κ1) is 17.3. The molecule has 0 radical (unpaired) electrons. The van der Waals surface area contributed by atoms with Crippen LogP contribution in [0.5, 0.6) is 0 Å². The molecule has 1 aliphatic carbocycles. The van der Waals surface area contributed by atoms with Crippen LogP contribution in [-0.2, 0) is 22.7 Å². The molecule has 1 atom stereocenters. The Hall–Kier alpha value is -2.16. The van der Waals surface area contributed by atoms with Crippen LogP contribution in [0.4, 0.5) is 5.82 Å². The number of fused-ring (bicyclic) bond motifs is 1. The third kappa shape index (κ3) is 3.27. The Kier molecular flexibility index (Phi) is 4.34. The summed E-state index contributed by atoms with van der Waals surface area (Å²) in [6.45, 7) is 1.83. The molecule has 26 heavy (non-hydrogen) atoms. The highest BCUT2D eigenvalue weighted by molar-refractivity contribution is 7.91. The second-order valence-electron chi connectivity index (χ2n) is 7.22. The minimum atomic E-state index is -3.03. The van der Waals surface area contributed by atoms with Crippen LogP contribution in [-0.4, -0.2) is 45.8 Å². The van der Waals surface area contributed by atoms with Crippen molar-refractivity contribution in [2.75, 3.05) is 16.8 Å². The van der Waals surface area contributed by atoms with E-state index in [0.717, 1.165) is 49.1 Å². The van der Waals surface area contributed by atoms with Gasteiger partial charge in [0.25, 0.3) is 5.91 Å². The number of H-pyrrole nitrogens is 1. The number of carbonyl (C=O) groups excluding carboxylic acids is 1. The van der Waals surface area contributed by atoms with E-state index in [-0.39, 0.29) is 23.5 Å². The number of anilines is 1. The number of rotatable bonds is 3. The lowest BCUT2D eigenvalue weighted by Gasteiger charge is -2.13. The van der Waals surface area contributed by atoms with Crippen molar-refractivity contribution < 1.29 is 13.2 Å². The third-order valence-electron chi connectivity index (χ3n) is 5.18. The van der Waals surface area contributed by atoms with Gasteiger partial charge < -0.3 is 5.32 Å². The van der Waals surface area contributed by atoms with Crippen LogP contribution in [0, 0.1) is 6.92 Å². The van der Waals surface area contributed by atoms with Gasteiger partial charge in [0.15, 0.2) is 15.5 Å². The van der Waals surface area contributed by atoms with Gasteiger partial charge in [-0.3, -0.25) is 9.89 Å². The predicted octanol–water partition coefficient (Wildman–Crippen LogP) is 1.80. The van der Waals surface area contributed by atoms with Crippen molar-refractivity contribution >= 4 is 21.6 Å². The second-order valence-corrected chi connectivity index (χ2v) is 9.45. The van der Waals surface area contributed by atoms with Gasteiger partial charge in [-0.2, -0.15) is 10.2 Å². The monoisotopic (exact) mass is 377 g/mol. The molecule has 140 valence electrons. The van der Waals surface area contributed by atoms with Crippen molar-refractivity contribution in [2.24, 2.45) is 0 Å². The van der Waals surface area contributed by atoms with Crippen molar-refractivity contribution in [3.05, 3.63) is 28.7 Å². The first-order valence-electron chi connectivity index (χ1n) is 9.07. The standard InChI is InChI=1S/C17H23N5O3S/c1-11-9-15(22(21-11)12-7-8-26(24,25)10-12)18-17(23)16-13-5-3-2-4-6-14(13)19-20-16/h9,12H,2-8,10H2,1H3,(H,18,23)(H,19,20)/t12-/m0/s1. The molecule has 3 heterocycles. The maximum atomic E-state index is 12.8. The number of amides is 1.